The van der Waals surface area contributed by atoms with Crippen molar-refractivity contribution in [2.75, 3.05) is 0 Å². The molecule has 0 fully saturated rings. The second-order valence-corrected chi connectivity index (χ2v) is 6.82. The zero-order valence-electron chi connectivity index (χ0n) is 13.6. The van der Waals surface area contributed by atoms with Crippen LogP contribution in [-0.4, -0.2) is 11.0 Å². The summed E-state index contributed by atoms with van der Waals surface area (Å²) < 4.78 is 0. The Labute approximate surface area is 128 Å². The molecule has 3 atom stereocenters. The topological polar surface area (TPSA) is 27.8 Å². The van der Waals surface area contributed by atoms with Crippen molar-refractivity contribution in [2.45, 2.75) is 65.0 Å². The van der Waals surface area contributed by atoms with Gasteiger partial charge in [0.1, 0.15) is 0 Å². The van der Waals surface area contributed by atoms with E-state index < -0.39 is 0 Å². The smallest absolute Gasteiger partial charge is 0.0478 e. The fraction of sp³-hybridized carbons (Fsp3) is 0.579. The van der Waals surface area contributed by atoms with Crippen molar-refractivity contribution in [2.24, 2.45) is 5.92 Å². The lowest BCUT2D eigenvalue weighted by Crippen LogP contribution is -2.33. The Hall–Kier alpha value is -1.28. The maximum atomic E-state index is 3.87. The number of benzene rings is 1. The molecular formula is C19H28N2. The molecule has 1 aromatic heterocycles. The highest BCUT2D eigenvalue weighted by atomic mass is 15.0. The highest BCUT2D eigenvalue weighted by Crippen LogP contribution is 2.35. The number of nitrogens with one attached hydrogen (secondary N) is 2. The number of aromatic nitrogens is 1. The number of para-hydroxylation sites is 1. The Kier molecular flexibility index (Phi) is 4.34. The first-order chi connectivity index (χ1) is 10.2. The van der Waals surface area contributed by atoms with Crippen molar-refractivity contribution < 1.29 is 0 Å². The van der Waals surface area contributed by atoms with E-state index in [0.717, 1.165) is 5.92 Å². The molecule has 1 aliphatic carbocycles. The van der Waals surface area contributed by atoms with Gasteiger partial charge in [-0.2, -0.15) is 0 Å². The molecule has 3 unspecified atom stereocenters. The molecule has 0 bridgehead atoms. The van der Waals surface area contributed by atoms with Crippen LogP contribution in [0.25, 0.3) is 10.9 Å². The lowest BCUT2D eigenvalue weighted by atomic mass is 9.90. The van der Waals surface area contributed by atoms with Gasteiger partial charge in [0.15, 0.2) is 0 Å². The number of H-pyrrole nitrogens is 1. The van der Waals surface area contributed by atoms with Gasteiger partial charge in [0.25, 0.3) is 0 Å². The van der Waals surface area contributed by atoms with E-state index in [1.165, 1.54) is 48.7 Å². The standard InChI is InChI=1S/C19H28N2/c1-4-13(2)12-14(3)20-18-11-7-9-16-15-8-5-6-10-17(15)21-19(16)18/h5-6,8,10,13-14,18,20-21H,4,7,9,11-12H2,1-3H3. The van der Waals surface area contributed by atoms with Crippen LogP contribution in [0.3, 0.4) is 0 Å². The highest BCUT2D eigenvalue weighted by Gasteiger charge is 2.25. The Morgan fingerprint density at radius 2 is 2.10 bits per heavy atom. The molecule has 0 saturated carbocycles. The molecule has 1 aliphatic rings. The fourth-order valence-corrected chi connectivity index (χ4v) is 3.76. The van der Waals surface area contributed by atoms with Crippen molar-refractivity contribution in [1.82, 2.24) is 10.3 Å². The monoisotopic (exact) mass is 284 g/mol. The molecule has 1 aromatic carbocycles. The van der Waals surface area contributed by atoms with E-state index in [1.807, 2.05) is 0 Å². The van der Waals surface area contributed by atoms with Crippen molar-refractivity contribution in [3.8, 4) is 0 Å². The third-order valence-corrected chi connectivity index (χ3v) is 5.05. The average molecular weight is 284 g/mol. The third-order valence-electron chi connectivity index (χ3n) is 5.05. The fourth-order valence-electron chi connectivity index (χ4n) is 3.76. The average Bonchev–Trinajstić information content (AvgIpc) is 2.87. The van der Waals surface area contributed by atoms with Gasteiger partial charge in [0, 0.05) is 28.7 Å². The summed E-state index contributed by atoms with van der Waals surface area (Å²) in [5, 5.41) is 5.29. The maximum Gasteiger partial charge on any atom is 0.0478 e. The van der Waals surface area contributed by atoms with E-state index in [0.29, 0.717) is 12.1 Å². The van der Waals surface area contributed by atoms with E-state index in [-0.39, 0.29) is 0 Å². The molecule has 2 nitrogen and oxygen atoms in total. The molecule has 0 saturated heterocycles. The van der Waals surface area contributed by atoms with Gasteiger partial charge < -0.3 is 10.3 Å². The van der Waals surface area contributed by atoms with Crippen LogP contribution >= 0.6 is 0 Å². The van der Waals surface area contributed by atoms with Crippen LogP contribution in [0.5, 0.6) is 0 Å². The summed E-state index contributed by atoms with van der Waals surface area (Å²) in [6.07, 6.45) is 6.31. The number of aromatic amines is 1. The second kappa shape index (κ2) is 6.23. The minimum Gasteiger partial charge on any atom is -0.357 e. The van der Waals surface area contributed by atoms with Crippen molar-refractivity contribution >= 4 is 10.9 Å². The molecule has 21 heavy (non-hydrogen) atoms. The number of hydrogen-bond donors (Lipinski definition) is 2. The minimum absolute atomic E-state index is 0.500. The van der Waals surface area contributed by atoms with Crippen molar-refractivity contribution in [3.05, 3.63) is 35.5 Å². The van der Waals surface area contributed by atoms with Gasteiger partial charge >= 0.3 is 0 Å². The van der Waals surface area contributed by atoms with Crippen LogP contribution in [0, 0.1) is 5.92 Å². The Bertz CT molecular complexity index is 599. The number of hydrogen-bond acceptors (Lipinski definition) is 1. The van der Waals surface area contributed by atoms with Crippen LogP contribution in [-0.2, 0) is 6.42 Å². The Morgan fingerprint density at radius 3 is 2.90 bits per heavy atom. The lowest BCUT2D eigenvalue weighted by molar-refractivity contribution is 0.351. The second-order valence-electron chi connectivity index (χ2n) is 6.82. The van der Waals surface area contributed by atoms with Crippen LogP contribution in [0.4, 0.5) is 0 Å². The lowest BCUT2D eigenvalue weighted by Gasteiger charge is -2.28. The number of rotatable bonds is 5. The molecule has 3 rings (SSSR count). The van der Waals surface area contributed by atoms with Crippen LogP contribution in [0.15, 0.2) is 24.3 Å². The Morgan fingerprint density at radius 1 is 1.29 bits per heavy atom. The largest absolute Gasteiger partial charge is 0.357 e. The predicted octanol–water partition coefficient (Wildman–Crippen LogP) is 4.96. The van der Waals surface area contributed by atoms with Gasteiger partial charge in [0.05, 0.1) is 0 Å². The molecule has 0 radical (unpaired) electrons. The molecule has 2 aromatic rings. The minimum atomic E-state index is 0.500. The SMILES string of the molecule is CCC(C)CC(C)NC1CCCc2c1[nH]c1ccccc21. The van der Waals surface area contributed by atoms with Gasteiger partial charge in [-0.05, 0) is 50.2 Å². The summed E-state index contributed by atoms with van der Waals surface area (Å²) in [5.41, 5.74) is 4.29. The molecule has 1 heterocycles. The normalized spacial score (nSPS) is 21.2. The molecular weight excluding hydrogens is 256 g/mol. The zero-order valence-corrected chi connectivity index (χ0v) is 13.6. The number of aryl methyl sites for hydroxylation is 1. The molecule has 114 valence electrons. The first-order valence-corrected chi connectivity index (χ1v) is 8.54. The number of fused-ring (bicyclic) bond motifs is 3. The van der Waals surface area contributed by atoms with E-state index in [9.17, 15) is 0 Å². The van der Waals surface area contributed by atoms with Crippen LogP contribution in [0.1, 0.15) is 63.8 Å². The van der Waals surface area contributed by atoms with Crippen LogP contribution < -0.4 is 5.32 Å². The molecule has 0 spiro atoms. The summed E-state index contributed by atoms with van der Waals surface area (Å²) in [7, 11) is 0. The molecule has 0 aliphatic heterocycles. The van der Waals surface area contributed by atoms with E-state index in [4.69, 9.17) is 0 Å². The van der Waals surface area contributed by atoms with E-state index >= 15 is 0 Å². The van der Waals surface area contributed by atoms with Gasteiger partial charge in [-0.25, -0.2) is 0 Å². The Balaban J connectivity index is 1.80. The van der Waals surface area contributed by atoms with Gasteiger partial charge in [0.2, 0.25) is 0 Å². The third kappa shape index (κ3) is 3.01. The molecule has 2 heteroatoms. The first-order valence-electron chi connectivity index (χ1n) is 8.54. The van der Waals surface area contributed by atoms with E-state index in [1.54, 1.807) is 5.56 Å². The summed E-state index contributed by atoms with van der Waals surface area (Å²) in [5.74, 6) is 0.804. The molecule has 0 amide bonds. The first kappa shape index (κ1) is 14.6. The predicted molar refractivity (Wildman–Crippen MR) is 90.6 cm³/mol. The van der Waals surface area contributed by atoms with Gasteiger partial charge in [-0.3, -0.25) is 0 Å². The summed E-state index contributed by atoms with van der Waals surface area (Å²) in [6.45, 7) is 6.98. The maximum absolute atomic E-state index is 3.87. The van der Waals surface area contributed by atoms with Gasteiger partial charge in [-0.15, -0.1) is 0 Å². The van der Waals surface area contributed by atoms with E-state index in [2.05, 4.69) is 55.3 Å². The van der Waals surface area contributed by atoms with Crippen molar-refractivity contribution in [3.63, 3.8) is 0 Å². The van der Waals surface area contributed by atoms with Crippen LogP contribution in [0.2, 0.25) is 0 Å². The summed E-state index contributed by atoms with van der Waals surface area (Å²) in [6, 6.07) is 9.82. The molecule has 2 N–H and O–H groups in total. The zero-order chi connectivity index (χ0) is 14.8. The summed E-state index contributed by atoms with van der Waals surface area (Å²) in [4.78, 5) is 3.68. The quantitative estimate of drug-likeness (QED) is 0.798. The van der Waals surface area contributed by atoms with Gasteiger partial charge in [-0.1, -0.05) is 38.5 Å². The van der Waals surface area contributed by atoms with Crippen molar-refractivity contribution in [1.29, 1.82) is 0 Å². The highest BCUT2D eigenvalue weighted by molar-refractivity contribution is 5.85. The summed E-state index contributed by atoms with van der Waals surface area (Å²) >= 11 is 0.